The molecule has 2 heterocycles. The molecule has 2 aliphatic rings. The van der Waals surface area contributed by atoms with Crippen LogP contribution in [0.3, 0.4) is 0 Å². The van der Waals surface area contributed by atoms with Crippen LogP contribution in [0, 0.1) is 5.82 Å². The molecule has 0 aromatic heterocycles. The van der Waals surface area contributed by atoms with Crippen LogP contribution in [-0.2, 0) is 21.1 Å². The van der Waals surface area contributed by atoms with Crippen molar-refractivity contribution < 1.29 is 17.5 Å². The summed E-state index contributed by atoms with van der Waals surface area (Å²) in [4.78, 5) is 1.97. The van der Waals surface area contributed by atoms with Crippen molar-refractivity contribution in [2.75, 3.05) is 24.7 Å². The van der Waals surface area contributed by atoms with Crippen molar-refractivity contribution in [2.45, 2.75) is 38.0 Å². The van der Waals surface area contributed by atoms with Gasteiger partial charge in [-0.2, -0.15) is 0 Å². The summed E-state index contributed by atoms with van der Waals surface area (Å²) in [6.45, 7) is 1.83. The molecular formula is C17H23FN2O3S2. The summed E-state index contributed by atoms with van der Waals surface area (Å²) in [5.74, 6) is 0.0701. The predicted octanol–water partition coefficient (Wildman–Crippen LogP) is 1.87. The van der Waals surface area contributed by atoms with Crippen molar-refractivity contribution >= 4 is 27.2 Å². The second-order valence-corrected chi connectivity index (χ2v) is 9.24. The van der Waals surface area contributed by atoms with Crippen molar-refractivity contribution in [3.05, 3.63) is 35.6 Å². The van der Waals surface area contributed by atoms with E-state index in [0.717, 1.165) is 25.0 Å². The summed E-state index contributed by atoms with van der Waals surface area (Å²) in [6.07, 6.45) is 2.68. The standard InChI is InChI=1S/C17H23FN2O3S2/c18-14-5-3-13(4-6-14)10-19-17(24)20(11-16-2-1-8-23-16)15-7-9-25(21,22)12-15/h3-6,15-16H,1-2,7-12H2,(H,19,24)/t15-,16+/m1/s1. The minimum atomic E-state index is -2.99. The number of nitrogens with one attached hydrogen (secondary N) is 1. The lowest BCUT2D eigenvalue weighted by molar-refractivity contribution is 0.0841. The Balaban J connectivity index is 1.64. The van der Waals surface area contributed by atoms with E-state index in [0.29, 0.717) is 24.6 Å². The lowest BCUT2D eigenvalue weighted by Gasteiger charge is -2.33. The number of hydrogen-bond acceptors (Lipinski definition) is 4. The molecule has 0 radical (unpaired) electrons. The van der Waals surface area contributed by atoms with Gasteiger partial charge in [0.25, 0.3) is 0 Å². The van der Waals surface area contributed by atoms with Crippen LogP contribution in [0.2, 0.25) is 0 Å². The topological polar surface area (TPSA) is 58.6 Å². The Bertz CT molecular complexity index is 703. The van der Waals surface area contributed by atoms with E-state index in [2.05, 4.69) is 5.32 Å². The summed E-state index contributed by atoms with van der Waals surface area (Å²) in [5.41, 5.74) is 0.917. The third-order valence-electron chi connectivity index (χ3n) is 4.69. The van der Waals surface area contributed by atoms with Crippen molar-refractivity contribution in [1.29, 1.82) is 0 Å². The zero-order chi connectivity index (χ0) is 17.9. The number of benzene rings is 1. The van der Waals surface area contributed by atoms with Gasteiger partial charge in [0, 0.05) is 25.7 Å². The molecule has 0 bridgehead atoms. The Morgan fingerprint density at radius 1 is 1.32 bits per heavy atom. The van der Waals surface area contributed by atoms with E-state index in [-0.39, 0.29) is 29.5 Å². The van der Waals surface area contributed by atoms with Crippen LogP contribution in [0.4, 0.5) is 4.39 Å². The molecule has 25 heavy (non-hydrogen) atoms. The number of thiocarbonyl (C=S) groups is 1. The fourth-order valence-electron chi connectivity index (χ4n) is 3.31. The Hall–Kier alpha value is -1.25. The average Bonchev–Trinajstić information content (AvgIpc) is 3.21. The van der Waals surface area contributed by atoms with Crippen LogP contribution in [0.1, 0.15) is 24.8 Å². The van der Waals surface area contributed by atoms with Gasteiger partial charge < -0.3 is 15.0 Å². The van der Waals surface area contributed by atoms with Crippen molar-refractivity contribution in [3.63, 3.8) is 0 Å². The number of sulfone groups is 1. The van der Waals surface area contributed by atoms with Crippen molar-refractivity contribution in [2.24, 2.45) is 0 Å². The number of rotatable bonds is 5. The van der Waals surface area contributed by atoms with E-state index in [1.165, 1.54) is 12.1 Å². The molecule has 2 fully saturated rings. The maximum absolute atomic E-state index is 13.0. The molecular weight excluding hydrogens is 363 g/mol. The first-order valence-electron chi connectivity index (χ1n) is 8.54. The maximum Gasteiger partial charge on any atom is 0.169 e. The number of nitrogens with zero attached hydrogens (tertiary/aromatic N) is 1. The molecule has 0 amide bonds. The number of hydrogen-bond donors (Lipinski definition) is 1. The Labute approximate surface area is 153 Å². The molecule has 2 aliphatic heterocycles. The lowest BCUT2D eigenvalue weighted by atomic mass is 10.1. The van der Waals surface area contributed by atoms with Gasteiger partial charge in [0.1, 0.15) is 5.82 Å². The second-order valence-electron chi connectivity index (χ2n) is 6.63. The van der Waals surface area contributed by atoms with Crippen LogP contribution in [0.15, 0.2) is 24.3 Å². The second kappa shape index (κ2) is 7.97. The largest absolute Gasteiger partial charge is 0.376 e. The lowest BCUT2D eigenvalue weighted by Crippen LogP contribution is -2.49. The average molecular weight is 387 g/mol. The third kappa shape index (κ3) is 5.12. The highest BCUT2D eigenvalue weighted by Gasteiger charge is 2.35. The van der Waals surface area contributed by atoms with Gasteiger partial charge in [-0.1, -0.05) is 12.1 Å². The quantitative estimate of drug-likeness (QED) is 0.780. The number of ether oxygens (including phenoxy) is 1. The van der Waals surface area contributed by atoms with Crippen molar-refractivity contribution in [1.82, 2.24) is 10.2 Å². The van der Waals surface area contributed by atoms with E-state index in [9.17, 15) is 12.8 Å². The van der Waals surface area contributed by atoms with Gasteiger partial charge in [0.05, 0.1) is 17.6 Å². The molecule has 0 saturated carbocycles. The zero-order valence-corrected chi connectivity index (χ0v) is 15.6. The Kier molecular flexibility index (Phi) is 5.91. The van der Waals surface area contributed by atoms with E-state index >= 15 is 0 Å². The molecule has 5 nitrogen and oxygen atoms in total. The van der Waals surface area contributed by atoms with Gasteiger partial charge >= 0.3 is 0 Å². The molecule has 0 unspecified atom stereocenters. The summed E-state index contributed by atoms with van der Waals surface area (Å²) in [6, 6.07) is 6.12. The molecule has 2 saturated heterocycles. The van der Waals surface area contributed by atoms with E-state index < -0.39 is 9.84 Å². The molecule has 1 aromatic carbocycles. The van der Waals surface area contributed by atoms with Crippen LogP contribution in [-0.4, -0.2) is 55.2 Å². The van der Waals surface area contributed by atoms with Gasteiger partial charge in [0.15, 0.2) is 14.9 Å². The van der Waals surface area contributed by atoms with E-state index in [4.69, 9.17) is 17.0 Å². The Morgan fingerprint density at radius 2 is 2.08 bits per heavy atom. The van der Waals surface area contributed by atoms with Gasteiger partial charge in [-0.05, 0) is 49.2 Å². The van der Waals surface area contributed by atoms with Crippen LogP contribution < -0.4 is 5.32 Å². The molecule has 0 aliphatic carbocycles. The smallest absolute Gasteiger partial charge is 0.169 e. The third-order valence-corrected chi connectivity index (χ3v) is 6.82. The summed E-state index contributed by atoms with van der Waals surface area (Å²) in [7, 11) is -2.99. The summed E-state index contributed by atoms with van der Waals surface area (Å²) in [5, 5.41) is 3.71. The van der Waals surface area contributed by atoms with E-state index in [1.54, 1.807) is 12.1 Å². The SMILES string of the molecule is O=S1(=O)CC[C@@H](N(C[C@@H]2CCCO2)C(=S)NCc2ccc(F)cc2)C1. The highest BCUT2D eigenvalue weighted by Crippen LogP contribution is 2.21. The van der Waals surface area contributed by atoms with Crippen LogP contribution >= 0.6 is 12.2 Å². The zero-order valence-electron chi connectivity index (χ0n) is 14.0. The first kappa shape index (κ1) is 18.5. The predicted molar refractivity (Wildman–Crippen MR) is 98.6 cm³/mol. The first-order chi connectivity index (χ1) is 11.9. The molecule has 3 rings (SSSR count). The number of halogens is 1. The molecule has 8 heteroatoms. The fraction of sp³-hybridized carbons (Fsp3) is 0.588. The molecule has 1 N–H and O–H groups in total. The maximum atomic E-state index is 13.0. The van der Waals surface area contributed by atoms with Gasteiger partial charge in [-0.25, -0.2) is 12.8 Å². The minimum Gasteiger partial charge on any atom is -0.376 e. The highest BCUT2D eigenvalue weighted by molar-refractivity contribution is 7.91. The Morgan fingerprint density at radius 3 is 2.68 bits per heavy atom. The van der Waals surface area contributed by atoms with Crippen molar-refractivity contribution in [3.8, 4) is 0 Å². The van der Waals surface area contributed by atoms with Gasteiger partial charge in [-0.15, -0.1) is 0 Å². The monoisotopic (exact) mass is 386 g/mol. The van der Waals surface area contributed by atoms with Gasteiger partial charge in [-0.3, -0.25) is 0 Å². The fourth-order valence-corrected chi connectivity index (χ4v) is 5.33. The molecule has 2 atom stereocenters. The highest BCUT2D eigenvalue weighted by atomic mass is 32.2. The van der Waals surface area contributed by atoms with Crippen LogP contribution in [0.5, 0.6) is 0 Å². The normalized spacial score (nSPS) is 25.0. The summed E-state index contributed by atoms with van der Waals surface area (Å²) >= 11 is 5.54. The molecule has 0 spiro atoms. The molecule has 1 aromatic rings. The minimum absolute atomic E-state index is 0.0916. The van der Waals surface area contributed by atoms with Gasteiger partial charge in [0.2, 0.25) is 0 Å². The van der Waals surface area contributed by atoms with E-state index in [1.807, 2.05) is 4.90 Å². The van der Waals surface area contributed by atoms with Crippen LogP contribution in [0.25, 0.3) is 0 Å². The summed E-state index contributed by atoms with van der Waals surface area (Å²) < 4.78 is 42.4. The molecule has 138 valence electrons. The first-order valence-corrected chi connectivity index (χ1v) is 10.8.